The first-order valence-electron chi connectivity index (χ1n) is 8.85. The summed E-state index contributed by atoms with van der Waals surface area (Å²) in [6.07, 6.45) is 2.97. The third-order valence-corrected chi connectivity index (χ3v) is 5.13. The number of pyridine rings is 1. The molecule has 2 amide bonds. The third kappa shape index (κ3) is 4.40. The van der Waals surface area contributed by atoms with Gasteiger partial charge in [0.1, 0.15) is 5.75 Å². The average Bonchev–Trinajstić information content (AvgIpc) is 3.12. The number of anilines is 1. The summed E-state index contributed by atoms with van der Waals surface area (Å²) in [6, 6.07) is 10.9. The van der Waals surface area contributed by atoms with Crippen LogP contribution in [0, 0.1) is 0 Å². The van der Waals surface area contributed by atoms with E-state index in [1.165, 1.54) is 0 Å². The maximum atomic E-state index is 12.5. The first kappa shape index (κ1) is 18.2. The highest BCUT2D eigenvalue weighted by molar-refractivity contribution is 9.10. The zero-order valence-corrected chi connectivity index (χ0v) is 16.3. The standard InChI is InChI=1S/C19H20BrN3O4/c20-14-2-1-3-16(12-14)27-17-5-4-15(13-21-17)22-18(24)23-8-6-19(7-9-23)25-10-11-26-19/h1-5,12-13H,6-11H2,(H,22,24). The monoisotopic (exact) mass is 433 g/mol. The number of aromatic nitrogens is 1. The van der Waals surface area contributed by atoms with Crippen LogP contribution in [0.15, 0.2) is 47.1 Å². The molecule has 2 fully saturated rings. The van der Waals surface area contributed by atoms with E-state index in [0.29, 0.717) is 56.5 Å². The Bertz CT molecular complexity index is 799. The van der Waals surface area contributed by atoms with Crippen molar-refractivity contribution in [3.8, 4) is 11.6 Å². The Labute approximate surface area is 165 Å². The van der Waals surface area contributed by atoms with Gasteiger partial charge in [0, 0.05) is 36.5 Å². The Morgan fingerprint density at radius 1 is 1.19 bits per heavy atom. The molecule has 2 saturated heterocycles. The number of carbonyl (C=O) groups excluding carboxylic acids is 1. The van der Waals surface area contributed by atoms with Gasteiger partial charge in [0.25, 0.3) is 0 Å². The van der Waals surface area contributed by atoms with Crippen LogP contribution in [-0.2, 0) is 9.47 Å². The van der Waals surface area contributed by atoms with Gasteiger partial charge in [-0.3, -0.25) is 0 Å². The molecule has 1 aromatic carbocycles. The normalized spacial score (nSPS) is 18.5. The summed E-state index contributed by atoms with van der Waals surface area (Å²) in [5.41, 5.74) is 0.621. The van der Waals surface area contributed by atoms with Gasteiger partial charge >= 0.3 is 6.03 Å². The van der Waals surface area contributed by atoms with Crippen molar-refractivity contribution in [3.05, 3.63) is 47.1 Å². The van der Waals surface area contributed by atoms with E-state index >= 15 is 0 Å². The average molecular weight is 434 g/mol. The number of rotatable bonds is 3. The van der Waals surface area contributed by atoms with E-state index in [1.54, 1.807) is 23.2 Å². The molecular formula is C19H20BrN3O4. The minimum Gasteiger partial charge on any atom is -0.439 e. The molecule has 8 heteroatoms. The number of hydrogen-bond donors (Lipinski definition) is 1. The molecule has 0 bridgehead atoms. The van der Waals surface area contributed by atoms with E-state index in [1.807, 2.05) is 24.3 Å². The smallest absolute Gasteiger partial charge is 0.321 e. The summed E-state index contributed by atoms with van der Waals surface area (Å²) < 4.78 is 18.0. The summed E-state index contributed by atoms with van der Waals surface area (Å²) in [4.78, 5) is 18.5. The number of likely N-dealkylation sites (tertiary alicyclic amines) is 1. The van der Waals surface area contributed by atoms with Gasteiger partial charge < -0.3 is 24.4 Å². The Morgan fingerprint density at radius 3 is 2.63 bits per heavy atom. The van der Waals surface area contributed by atoms with Crippen LogP contribution in [0.4, 0.5) is 10.5 Å². The number of nitrogens with one attached hydrogen (secondary N) is 1. The predicted octanol–water partition coefficient (Wildman–Crippen LogP) is 4.01. The SMILES string of the molecule is O=C(Nc1ccc(Oc2cccc(Br)c2)nc1)N1CCC2(CC1)OCCO2. The number of amides is 2. The van der Waals surface area contributed by atoms with Crippen LogP contribution >= 0.6 is 15.9 Å². The summed E-state index contributed by atoms with van der Waals surface area (Å²) >= 11 is 3.40. The lowest BCUT2D eigenvalue weighted by atomic mass is 10.0. The zero-order valence-electron chi connectivity index (χ0n) is 14.7. The number of carbonyl (C=O) groups is 1. The first-order chi connectivity index (χ1) is 13.1. The first-order valence-corrected chi connectivity index (χ1v) is 9.65. The number of ether oxygens (including phenoxy) is 3. The third-order valence-electron chi connectivity index (χ3n) is 4.63. The van der Waals surface area contributed by atoms with Gasteiger partial charge in [-0.15, -0.1) is 0 Å². The number of hydrogen-bond acceptors (Lipinski definition) is 5. The molecule has 1 N–H and O–H groups in total. The molecule has 2 aliphatic rings. The van der Waals surface area contributed by atoms with Crippen molar-refractivity contribution in [2.75, 3.05) is 31.6 Å². The van der Waals surface area contributed by atoms with E-state index in [4.69, 9.17) is 14.2 Å². The highest BCUT2D eigenvalue weighted by Crippen LogP contribution is 2.31. The molecule has 0 atom stereocenters. The predicted molar refractivity (Wildman–Crippen MR) is 103 cm³/mol. The van der Waals surface area contributed by atoms with Crippen molar-refractivity contribution < 1.29 is 19.0 Å². The van der Waals surface area contributed by atoms with Crippen molar-refractivity contribution in [3.63, 3.8) is 0 Å². The van der Waals surface area contributed by atoms with E-state index in [2.05, 4.69) is 26.2 Å². The summed E-state index contributed by atoms with van der Waals surface area (Å²) in [5.74, 6) is 0.665. The van der Waals surface area contributed by atoms with Gasteiger partial charge in [-0.2, -0.15) is 0 Å². The summed E-state index contributed by atoms with van der Waals surface area (Å²) in [5, 5.41) is 2.87. The van der Waals surface area contributed by atoms with Gasteiger partial charge in [0.15, 0.2) is 5.79 Å². The highest BCUT2D eigenvalue weighted by atomic mass is 79.9. The molecule has 142 valence electrons. The second kappa shape index (κ2) is 7.84. The molecule has 2 aliphatic heterocycles. The van der Waals surface area contributed by atoms with Crippen LogP contribution in [0.3, 0.4) is 0 Å². The largest absolute Gasteiger partial charge is 0.439 e. The van der Waals surface area contributed by atoms with Crippen LogP contribution in [0.25, 0.3) is 0 Å². The lowest BCUT2D eigenvalue weighted by molar-refractivity contribution is -0.181. The lowest BCUT2D eigenvalue weighted by Gasteiger charge is -2.37. The minimum atomic E-state index is -0.482. The summed E-state index contributed by atoms with van der Waals surface area (Å²) in [7, 11) is 0. The molecular weight excluding hydrogens is 414 g/mol. The molecule has 2 aromatic rings. The zero-order chi connectivity index (χ0) is 18.7. The van der Waals surface area contributed by atoms with E-state index in [0.717, 1.165) is 4.47 Å². The molecule has 0 radical (unpaired) electrons. The van der Waals surface area contributed by atoms with Crippen LogP contribution in [0.5, 0.6) is 11.6 Å². The maximum absolute atomic E-state index is 12.5. The number of nitrogens with zero attached hydrogens (tertiary/aromatic N) is 2. The topological polar surface area (TPSA) is 72.9 Å². The number of benzene rings is 1. The fraction of sp³-hybridized carbons (Fsp3) is 0.368. The van der Waals surface area contributed by atoms with Crippen molar-refractivity contribution >= 4 is 27.6 Å². The maximum Gasteiger partial charge on any atom is 0.321 e. The molecule has 1 spiro atoms. The van der Waals surface area contributed by atoms with Crippen LogP contribution in [-0.4, -0.2) is 48.0 Å². The van der Waals surface area contributed by atoms with Crippen molar-refractivity contribution in [1.29, 1.82) is 0 Å². The number of piperidine rings is 1. The molecule has 0 saturated carbocycles. The fourth-order valence-electron chi connectivity index (χ4n) is 3.20. The van der Waals surface area contributed by atoms with Crippen molar-refractivity contribution in [1.82, 2.24) is 9.88 Å². The second-order valence-corrected chi connectivity index (χ2v) is 7.39. The molecule has 27 heavy (non-hydrogen) atoms. The molecule has 7 nitrogen and oxygen atoms in total. The summed E-state index contributed by atoms with van der Waals surface area (Å²) in [6.45, 7) is 2.46. The Hall–Kier alpha value is -2.16. The quantitative estimate of drug-likeness (QED) is 0.791. The second-order valence-electron chi connectivity index (χ2n) is 6.47. The highest BCUT2D eigenvalue weighted by Gasteiger charge is 2.40. The Morgan fingerprint density at radius 2 is 1.96 bits per heavy atom. The van der Waals surface area contributed by atoms with Gasteiger partial charge in [0.05, 0.1) is 25.1 Å². The minimum absolute atomic E-state index is 0.148. The van der Waals surface area contributed by atoms with Gasteiger partial charge in [-0.05, 0) is 24.3 Å². The molecule has 0 aliphatic carbocycles. The molecule has 1 aromatic heterocycles. The Balaban J connectivity index is 1.31. The molecule has 4 rings (SSSR count). The molecule has 3 heterocycles. The number of halogens is 1. The number of urea groups is 1. The van der Waals surface area contributed by atoms with Crippen molar-refractivity contribution in [2.24, 2.45) is 0 Å². The van der Waals surface area contributed by atoms with Crippen LogP contribution < -0.4 is 10.1 Å². The van der Waals surface area contributed by atoms with Gasteiger partial charge in [-0.1, -0.05) is 22.0 Å². The van der Waals surface area contributed by atoms with Crippen molar-refractivity contribution in [2.45, 2.75) is 18.6 Å². The fourth-order valence-corrected chi connectivity index (χ4v) is 3.58. The lowest BCUT2D eigenvalue weighted by Crippen LogP contribution is -2.48. The van der Waals surface area contributed by atoms with Gasteiger partial charge in [0.2, 0.25) is 5.88 Å². The van der Waals surface area contributed by atoms with E-state index < -0.39 is 5.79 Å². The van der Waals surface area contributed by atoms with E-state index in [-0.39, 0.29) is 6.03 Å². The molecule has 0 unspecified atom stereocenters. The van der Waals surface area contributed by atoms with Gasteiger partial charge in [-0.25, -0.2) is 9.78 Å². The van der Waals surface area contributed by atoms with Crippen LogP contribution in [0.1, 0.15) is 12.8 Å². The Kier molecular flexibility index (Phi) is 5.29. The van der Waals surface area contributed by atoms with Crippen LogP contribution in [0.2, 0.25) is 0 Å². The van der Waals surface area contributed by atoms with E-state index in [9.17, 15) is 4.79 Å².